The van der Waals surface area contributed by atoms with Crippen molar-refractivity contribution in [1.82, 2.24) is 9.62 Å². The van der Waals surface area contributed by atoms with Crippen molar-refractivity contribution in [2.24, 2.45) is 5.41 Å². The van der Waals surface area contributed by atoms with E-state index in [1.807, 2.05) is 20.8 Å². The number of rotatable bonds is 3. The third-order valence-electron chi connectivity index (χ3n) is 4.79. The molecule has 25 heavy (non-hydrogen) atoms. The summed E-state index contributed by atoms with van der Waals surface area (Å²) >= 11 is 5.82. The third-order valence-corrected chi connectivity index (χ3v) is 6.85. The zero-order valence-electron chi connectivity index (χ0n) is 14.6. The van der Waals surface area contributed by atoms with Gasteiger partial charge in [0.1, 0.15) is 5.60 Å². The summed E-state index contributed by atoms with van der Waals surface area (Å²) in [5, 5.41) is 3.38. The lowest BCUT2D eigenvalue weighted by Crippen LogP contribution is -2.71. The molecule has 3 rings (SSSR count). The zero-order chi connectivity index (χ0) is 18.5. The van der Waals surface area contributed by atoms with Crippen LogP contribution in [0.4, 0.5) is 4.79 Å². The summed E-state index contributed by atoms with van der Waals surface area (Å²) in [4.78, 5) is 12.2. The molecule has 1 aromatic rings. The van der Waals surface area contributed by atoms with E-state index in [0.29, 0.717) is 18.1 Å². The molecule has 1 aliphatic carbocycles. The molecule has 0 radical (unpaired) electrons. The second-order valence-electron chi connectivity index (χ2n) is 7.83. The number of benzene rings is 1. The van der Waals surface area contributed by atoms with E-state index in [4.69, 9.17) is 16.3 Å². The number of ether oxygens (including phenoxy) is 1. The number of hydrogen-bond donors (Lipinski definition) is 1. The number of amides is 1. The van der Waals surface area contributed by atoms with Gasteiger partial charge in [-0.3, -0.25) is 0 Å². The van der Waals surface area contributed by atoms with Crippen LogP contribution in [-0.4, -0.2) is 43.5 Å². The van der Waals surface area contributed by atoms with Gasteiger partial charge in [0.25, 0.3) is 0 Å². The minimum absolute atomic E-state index is 0.0426. The van der Waals surface area contributed by atoms with Crippen molar-refractivity contribution >= 4 is 27.7 Å². The molecule has 0 bridgehead atoms. The standard InChI is InChI=1S/C17H23ClN2O4S/c1-16(2,3)24-15(21)19-14-8-9-17(14)10-20(11-17)25(22,23)13-6-4-12(18)5-7-13/h4-7,14H,8-11H2,1-3H3,(H,19,21)/t14-/m1/s1. The maximum absolute atomic E-state index is 12.6. The highest BCUT2D eigenvalue weighted by molar-refractivity contribution is 7.89. The Morgan fingerprint density at radius 2 is 1.88 bits per heavy atom. The average molecular weight is 387 g/mol. The number of carbonyl (C=O) groups excluding carboxylic acids is 1. The maximum atomic E-state index is 12.6. The smallest absolute Gasteiger partial charge is 0.407 e. The van der Waals surface area contributed by atoms with Gasteiger partial charge in [-0.05, 0) is 57.9 Å². The molecule has 0 unspecified atom stereocenters. The van der Waals surface area contributed by atoms with Gasteiger partial charge in [0.05, 0.1) is 4.90 Å². The Kier molecular flexibility index (Phi) is 4.54. The van der Waals surface area contributed by atoms with Crippen LogP contribution in [0.25, 0.3) is 0 Å². The van der Waals surface area contributed by atoms with E-state index in [1.54, 1.807) is 12.1 Å². The maximum Gasteiger partial charge on any atom is 0.407 e. The van der Waals surface area contributed by atoms with E-state index < -0.39 is 21.7 Å². The zero-order valence-corrected chi connectivity index (χ0v) is 16.2. The van der Waals surface area contributed by atoms with Crippen LogP contribution in [0.15, 0.2) is 29.2 Å². The summed E-state index contributed by atoms with van der Waals surface area (Å²) < 4.78 is 32.0. The lowest BCUT2D eigenvalue weighted by molar-refractivity contribution is -0.0498. The van der Waals surface area contributed by atoms with Gasteiger partial charge in [0, 0.05) is 29.6 Å². The van der Waals surface area contributed by atoms with Crippen LogP contribution in [0, 0.1) is 5.41 Å². The van der Waals surface area contributed by atoms with E-state index >= 15 is 0 Å². The highest BCUT2D eigenvalue weighted by Crippen LogP contribution is 2.50. The normalized spacial score (nSPS) is 22.8. The molecule has 1 aromatic carbocycles. The number of carbonyl (C=O) groups is 1. The molecule has 1 aliphatic heterocycles. The molecule has 1 saturated carbocycles. The first-order valence-corrected chi connectivity index (χ1v) is 10.1. The summed E-state index contributed by atoms with van der Waals surface area (Å²) in [6.07, 6.45) is 1.30. The van der Waals surface area contributed by atoms with Gasteiger partial charge in [-0.15, -0.1) is 0 Å². The molecule has 1 amide bonds. The first-order valence-electron chi connectivity index (χ1n) is 8.27. The van der Waals surface area contributed by atoms with E-state index in [-0.39, 0.29) is 16.4 Å². The van der Waals surface area contributed by atoms with Crippen molar-refractivity contribution in [2.75, 3.05) is 13.1 Å². The Labute approximate surface area is 153 Å². The van der Waals surface area contributed by atoms with Crippen molar-refractivity contribution in [3.8, 4) is 0 Å². The molecule has 0 aromatic heterocycles. The summed E-state index contributed by atoms with van der Waals surface area (Å²) in [6.45, 7) is 6.27. The minimum atomic E-state index is -3.52. The highest BCUT2D eigenvalue weighted by atomic mass is 35.5. The SMILES string of the molecule is CC(C)(C)OC(=O)N[C@@H]1CCC12CN(S(=O)(=O)c1ccc(Cl)cc1)C2. The first-order chi connectivity index (χ1) is 11.5. The van der Waals surface area contributed by atoms with Crippen LogP contribution in [-0.2, 0) is 14.8 Å². The van der Waals surface area contributed by atoms with E-state index in [2.05, 4.69) is 5.32 Å². The third kappa shape index (κ3) is 3.64. The molecule has 1 spiro atoms. The molecule has 6 nitrogen and oxygen atoms in total. The topological polar surface area (TPSA) is 75.7 Å². The minimum Gasteiger partial charge on any atom is -0.444 e. The monoisotopic (exact) mass is 386 g/mol. The molecule has 2 aliphatic rings. The van der Waals surface area contributed by atoms with Gasteiger partial charge in [0.2, 0.25) is 10.0 Å². The van der Waals surface area contributed by atoms with Crippen LogP contribution in [0.3, 0.4) is 0 Å². The number of nitrogens with zero attached hydrogens (tertiary/aromatic N) is 1. The fourth-order valence-electron chi connectivity index (χ4n) is 3.33. The summed E-state index contributed by atoms with van der Waals surface area (Å²) in [5.74, 6) is 0. The highest BCUT2D eigenvalue weighted by Gasteiger charge is 2.58. The van der Waals surface area contributed by atoms with Crippen LogP contribution < -0.4 is 5.32 Å². The Hall–Kier alpha value is -1.31. The summed E-state index contributed by atoms with van der Waals surface area (Å²) in [7, 11) is -3.52. The first kappa shape index (κ1) is 18.5. The predicted octanol–water partition coefficient (Wildman–Crippen LogP) is 3.02. The predicted molar refractivity (Wildman–Crippen MR) is 95.0 cm³/mol. The van der Waals surface area contributed by atoms with Gasteiger partial charge in [0.15, 0.2) is 0 Å². The summed E-state index contributed by atoms with van der Waals surface area (Å²) in [6, 6.07) is 6.12. The summed E-state index contributed by atoms with van der Waals surface area (Å²) in [5.41, 5.74) is -0.721. The largest absolute Gasteiger partial charge is 0.444 e. The van der Waals surface area contributed by atoms with Gasteiger partial charge in [-0.2, -0.15) is 4.31 Å². The van der Waals surface area contributed by atoms with Crippen LogP contribution in [0.2, 0.25) is 5.02 Å². The lowest BCUT2D eigenvalue weighted by Gasteiger charge is -2.59. The number of halogens is 1. The van der Waals surface area contributed by atoms with Crippen LogP contribution >= 0.6 is 11.6 Å². The van der Waals surface area contributed by atoms with Crippen molar-refractivity contribution in [1.29, 1.82) is 0 Å². The fourth-order valence-corrected chi connectivity index (χ4v) is 5.09. The Bertz CT molecular complexity index is 765. The lowest BCUT2D eigenvalue weighted by atomic mass is 9.60. The van der Waals surface area contributed by atoms with Gasteiger partial charge < -0.3 is 10.1 Å². The molecule has 8 heteroatoms. The quantitative estimate of drug-likeness (QED) is 0.866. The average Bonchev–Trinajstić information content (AvgIpc) is 2.40. The van der Waals surface area contributed by atoms with E-state index in [0.717, 1.165) is 12.8 Å². The fraction of sp³-hybridized carbons (Fsp3) is 0.588. The number of nitrogens with one attached hydrogen (secondary N) is 1. The van der Waals surface area contributed by atoms with Crippen molar-refractivity contribution in [3.63, 3.8) is 0 Å². The number of alkyl carbamates (subject to hydrolysis) is 1. The second kappa shape index (κ2) is 6.14. The van der Waals surface area contributed by atoms with Gasteiger partial charge in [-0.1, -0.05) is 11.6 Å². The van der Waals surface area contributed by atoms with Crippen molar-refractivity contribution in [3.05, 3.63) is 29.3 Å². The molecule has 1 N–H and O–H groups in total. The molecule has 1 heterocycles. The molecule has 2 fully saturated rings. The number of hydrogen-bond acceptors (Lipinski definition) is 4. The molecular weight excluding hydrogens is 364 g/mol. The Morgan fingerprint density at radius 3 is 2.36 bits per heavy atom. The number of sulfonamides is 1. The van der Waals surface area contributed by atoms with Gasteiger partial charge in [-0.25, -0.2) is 13.2 Å². The van der Waals surface area contributed by atoms with Crippen LogP contribution in [0.1, 0.15) is 33.6 Å². The van der Waals surface area contributed by atoms with Crippen molar-refractivity contribution < 1.29 is 17.9 Å². The van der Waals surface area contributed by atoms with E-state index in [1.165, 1.54) is 16.4 Å². The van der Waals surface area contributed by atoms with Crippen LogP contribution in [0.5, 0.6) is 0 Å². The van der Waals surface area contributed by atoms with Crippen molar-refractivity contribution in [2.45, 2.75) is 50.2 Å². The molecule has 1 atom stereocenters. The van der Waals surface area contributed by atoms with Gasteiger partial charge >= 0.3 is 6.09 Å². The molecular formula is C17H23ClN2O4S. The second-order valence-corrected chi connectivity index (χ2v) is 10.2. The molecule has 138 valence electrons. The molecule has 1 saturated heterocycles. The van der Waals surface area contributed by atoms with E-state index in [9.17, 15) is 13.2 Å². The Morgan fingerprint density at radius 1 is 1.28 bits per heavy atom. The Balaban J connectivity index is 1.61.